The molecule has 0 aliphatic carbocycles. The molecule has 0 spiro atoms. The topological polar surface area (TPSA) is 68.0 Å². The van der Waals surface area contributed by atoms with E-state index >= 15 is 0 Å². The molecule has 3 rings (SSSR count). The van der Waals surface area contributed by atoms with Gasteiger partial charge in [0.15, 0.2) is 5.65 Å². The molecule has 5 heteroatoms. The number of rotatable bonds is 3. The second-order valence-electron chi connectivity index (χ2n) is 6.79. The molecule has 0 aliphatic heterocycles. The van der Waals surface area contributed by atoms with Gasteiger partial charge in [0.05, 0.1) is 0 Å². The number of carboxylic acid groups (broad SMARTS) is 1. The molecule has 0 radical (unpaired) electrons. The minimum absolute atomic E-state index is 0.584. The average Bonchev–Trinajstić information content (AvgIpc) is 2.88. The Balaban J connectivity index is 2.38. The maximum Gasteiger partial charge on any atom is 0.329 e. The maximum atomic E-state index is 11.9. The number of aryl methyl sites for hydroxylation is 3. The average molecular weight is 323 g/mol. The predicted molar refractivity (Wildman–Crippen MR) is 94.1 cm³/mol. The van der Waals surface area contributed by atoms with Gasteiger partial charge in [-0.3, -0.25) is 4.57 Å². The van der Waals surface area contributed by atoms with Crippen molar-refractivity contribution in [3.8, 4) is 11.4 Å². The Kier molecular flexibility index (Phi) is 3.67. The summed E-state index contributed by atoms with van der Waals surface area (Å²) in [6.45, 7) is 9.37. The lowest BCUT2D eigenvalue weighted by molar-refractivity contribution is -0.145. The zero-order chi connectivity index (χ0) is 17.6. The van der Waals surface area contributed by atoms with E-state index in [9.17, 15) is 9.90 Å². The van der Waals surface area contributed by atoms with E-state index in [2.05, 4.69) is 4.98 Å². The van der Waals surface area contributed by atoms with Gasteiger partial charge in [0, 0.05) is 11.8 Å². The minimum Gasteiger partial charge on any atom is -0.480 e. The summed E-state index contributed by atoms with van der Waals surface area (Å²) < 4.78 is 1.72. The van der Waals surface area contributed by atoms with Crippen LogP contribution in [0.15, 0.2) is 30.5 Å². The van der Waals surface area contributed by atoms with Gasteiger partial charge < -0.3 is 5.11 Å². The van der Waals surface area contributed by atoms with E-state index in [0.717, 1.165) is 16.7 Å². The first-order valence-electron chi connectivity index (χ1n) is 7.88. The molecule has 0 fully saturated rings. The Morgan fingerprint density at radius 2 is 1.83 bits per heavy atom. The van der Waals surface area contributed by atoms with Crippen LogP contribution in [0.5, 0.6) is 0 Å². The van der Waals surface area contributed by atoms with Crippen LogP contribution in [0.4, 0.5) is 0 Å². The Bertz CT molecular complexity index is 955. The SMILES string of the molecule is Cc1cnc2c(c1)nc(-c1ccc(C)c(C)c1)n2C(C)(C)C(=O)O. The summed E-state index contributed by atoms with van der Waals surface area (Å²) in [5.74, 6) is -0.298. The highest BCUT2D eigenvalue weighted by Gasteiger charge is 2.34. The molecule has 24 heavy (non-hydrogen) atoms. The van der Waals surface area contributed by atoms with Crippen LogP contribution in [-0.2, 0) is 10.3 Å². The van der Waals surface area contributed by atoms with Gasteiger partial charge >= 0.3 is 5.97 Å². The molecule has 0 amide bonds. The zero-order valence-electron chi connectivity index (χ0n) is 14.6. The summed E-state index contributed by atoms with van der Waals surface area (Å²) in [6, 6.07) is 7.98. The van der Waals surface area contributed by atoms with E-state index in [0.29, 0.717) is 17.0 Å². The highest BCUT2D eigenvalue weighted by atomic mass is 16.4. The molecule has 124 valence electrons. The summed E-state index contributed by atoms with van der Waals surface area (Å²) in [7, 11) is 0. The molecular formula is C19H21N3O2. The van der Waals surface area contributed by atoms with Crippen molar-refractivity contribution < 1.29 is 9.90 Å². The quantitative estimate of drug-likeness (QED) is 0.795. The zero-order valence-corrected chi connectivity index (χ0v) is 14.6. The van der Waals surface area contributed by atoms with Crippen LogP contribution >= 0.6 is 0 Å². The molecule has 2 aromatic heterocycles. The molecule has 0 unspecified atom stereocenters. The predicted octanol–water partition coefficient (Wildman–Crippen LogP) is 3.84. The second-order valence-corrected chi connectivity index (χ2v) is 6.79. The number of pyridine rings is 1. The monoisotopic (exact) mass is 323 g/mol. The van der Waals surface area contributed by atoms with Crippen molar-refractivity contribution in [2.75, 3.05) is 0 Å². The lowest BCUT2D eigenvalue weighted by Crippen LogP contribution is -2.36. The Hall–Kier alpha value is -2.69. The highest BCUT2D eigenvalue weighted by Crippen LogP contribution is 2.31. The Morgan fingerprint density at radius 3 is 2.46 bits per heavy atom. The van der Waals surface area contributed by atoms with Crippen molar-refractivity contribution in [1.29, 1.82) is 0 Å². The molecule has 0 saturated heterocycles. The van der Waals surface area contributed by atoms with Crippen LogP contribution in [0.25, 0.3) is 22.6 Å². The number of hydrogen-bond acceptors (Lipinski definition) is 3. The third-order valence-corrected chi connectivity index (χ3v) is 4.48. The molecule has 1 N–H and O–H groups in total. The van der Waals surface area contributed by atoms with Crippen molar-refractivity contribution in [3.63, 3.8) is 0 Å². The third kappa shape index (κ3) is 2.46. The summed E-state index contributed by atoms with van der Waals surface area (Å²) >= 11 is 0. The molecule has 0 atom stereocenters. The first-order chi connectivity index (χ1) is 11.2. The van der Waals surface area contributed by atoms with Crippen LogP contribution in [0.2, 0.25) is 0 Å². The van der Waals surface area contributed by atoms with E-state index in [4.69, 9.17) is 4.98 Å². The Morgan fingerprint density at radius 1 is 1.12 bits per heavy atom. The number of carbonyl (C=O) groups is 1. The summed E-state index contributed by atoms with van der Waals surface area (Å²) in [4.78, 5) is 21.0. The van der Waals surface area contributed by atoms with Crippen molar-refractivity contribution in [2.45, 2.75) is 40.2 Å². The third-order valence-electron chi connectivity index (χ3n) is 4.48. The van der Waals surface area contributed by atoms with Crippen molar-refractivity contribution in [2.24, 2.45) is 0 Å². The van der Waals surface area contributed by atoms with E-state index in [1.54, 1.807) is 24.6 Å². The number of imidazole rings is 1. The second kappa shape index (κ2) is 5.44. The van der Waals surface area contributed by atoms with Gasteiger partial charge in [-0.15, -0.1) is 0 Å². The van der Waals surface area contributed by atoms with Gasteiger partial charge in [0.25, 0.3) is 0 Å². The fourth-order valence-electron chi connectivity index (χ4n) is 2.76. The first-order valence-corrected chi connectivity index (χ1v) is 7.88. The normalized spacial score (nSPS) is 11.9. The smallest absolute Gasteiger partial charge is 0.329 e. The molecule has 0 aliphatic rings. The maximum absolute atomic E-state index is 11.9. The standard InChI is InChI=1S/C19H21N3O2/c1-11-8-15-17(20-10-11)22(19(4,5)18(23)24)16(21-15)14-7-6-12(2)13(3)9-14/h6-10H,1-5H3,(H,23,24). The van der Waals surface area contributed by atoms with E-state index in [1.165, 1.54) is 5.56 Å². The van der Waals surface area contributed by atoms with E-state index in [1.807, 2.05) is 45.0 Å². The molecule has 1 aromatic carbocycles. The molecular weight excluding hydrogens is 302 g/mol. The Labute approximate surface area is 141 Å². The van der Waals surface area contributed by atoms with Gasteiger partial charge in [-0.25, -0.2) is 14.8 Å². The highest BCUT2D eigenvalue weighted by molar-refractivity contribution is 5.84. The molecule has 0 saturated carbocycles. The van der Waals surface area contributed by atoms with Crippen LogP contribution in [0, 0.1) is 20.8 Å². The van der Waals surface area contributed by atoms with Gasteiger partial charge in [-0.2, -0.15) is 0 Å². The fourth-order valence-corrected chi connectivity index (χ4v) is 2.76. The van der Waals surface area contributed by atoms with Gasteiger partial charge in [-0.1, -0.05) is 12.1 Å². The number of hydrogen-bond donors (Lipinski definition) is 1. The van der Waals surface area contributed by atoms with Crippen molar-refractivity contribution >= 4 is 17.1 Å². The molecule has 5 nitrogen and oxygen atoms in total. The number of nitrogens with zero attached hydrogens (tertiary/aromatic N) is 3. The summed E-state index contributed by atoms with van der Waals surface area (Å²) in [5.41, 5.74) is 4.34. The van der Waals surface area contributed by atoms with E-state index in [-0.39, 0.29) is 0 Å². The van der Waals surface area contributed by atoms with Crippen LogP contribution in [0.1, 0.15) is 30.5 Å². The fraction of sp³-hybridized carbons (Fsp3) is 0.316. The number of aromatic nitrogens is 3. The number of benzene rings is 1. The largest absolute Gasteiger partial charge is 0.480 e. The number of carboxylic acids is 1. The first kappa shape index (κ1) is 16.2. The van der Waals surface area contributed by atoms with Crippen LogP contribution in [0.3, 0.4) is 0 Å². The summed E-state index contributed by atoms with van der Waals surface area (Å²) in [5, 5.41) is 9.72. The van der Waals surface area contributed by atoms with E-state index < -0.39 is 11.5 Å². The van der Waals surface area contributed by atoms with Crippen molar-refractivity contribution in [3.05, 3.63) is 47.2 Å². The number of aliphatic carboxylic acids is 1. The minimum atomic E-state index is -1.16. The van der Waals surface area contributed by atoms with Gasteiger partial charge in [0.2, 0.25) is 0 Å². The van der Waals surface area contributed by atoms with Crippen molar-refractivity contribution in [1.82, 2.24) is 14.5 Å². The van der Waals surface area contributed by atoms with Crippen LogP contribution < -0.4 is 0 Å². The summed E-state index contributed by atoms with van der Waals surface area (Å²) in [6.07, 6.45) is 1.74. The van der Waals surface area contributed by atoms with Gasteiger partial charge in [-0.05, 0) is 63.4 Å². The molecule has 0 bridgehead atoms. The number of fused-ring (bicyclic) bond motifs is 1. The van der Waals surface area contributed by atoms with Gasteiger partial charge in [0.1, 0.15) is 16.9 Å². The molecule has 3 aromatic rings. The lowest BCUT2D eigenvalue weighted by Gasteiger charge is -2.24. The van der Waals surface area contributed by atoms with Crippen LogP contribution in [-0.4, -0.2) is 25.6 Å². The molecule has 2 heterocycles. The lowest BCUT2D eigenvalue weighted by atomic mass is 10.0.